The van der Waals surface area contributed by atoms with Gasteiger partial charge in [0.15, 0.2) is 15.6 Å². The van der Waals surface area contributed by atoms with Crippen molar-refractivity contribution in [3.63, 3.8) is 0 Å². The summed E-state index contributed by atoms with van der Waals surface area (Å²) in [6, 6.07) is 5.22. The SMILES string of the molecule is CCOc1ccc(Br)cc1C(=O)C1CCS(=O)(=O)C1. The molecule has 0 saturated carbocycles. The monoisotopic (exact) mass is 346 g/mol. The maximum Gasteiger partial charge on any atom is 0.170 e. The Morgan fingerprint density at radius 1 is 1.47 bits per heavy atom. The second kappa shape index (κ2) is 5.63. The number of benzene rings is 1. The minimum atomic E-state index is -3.06. The van der Waals surface area contributed by atoms with E-state index >= 15 is 0 Å². The van der Waals surface area contributed by atoms with Crippen molar-refractivity contribution in [2.24, 2.45) is 5.92 Å². The van der Waals surface area contributed by atoms with Crippen molar-refractivity contribution in [1.82, 2.24) is 0 Å². The molecule has 1 heterocycles. The van der Waals surface area contributed by atoms with Gasteiger partial charge in [0.05, 0.1) is 23.7 Å². The number of sulfone groups is 1. The largest absolute Gasteiger partial charge is 0.493 e. The zero-order chi connectivity index (χ0) is 14.0. The number of halogens is 1. The van der Waals surface area contributed by atoms with Crippen LogP contribution in [0.15, 0.2) is 22.7 Å². The fourth-order valence-corrected chi connectivity index (χ4v) is 4.30. The number of Topliss-reactive ketones (excluding diaryl/α,β-unsaturated/α-hetero) is 1. The van der Waals surface area contributed by atoms with Gasteiger partial charge in [-0.2, -0.15) is 0 Å². The van der Waals surface area contributed by atoms with E-state index in [0.717, 1.165) is 4.47 Å². The van der Waals surface area contributed by atoms with Gasteiger partial charge in [-0.1, -0.05) is 15.9 Å². The minimum Gasteiger partial charge on any atom is -0.493 e. The first kappa shape index (κ1) is 14.5. The van der Waals surface area contributed by atoms with Crippen molar-refractivity contribution < 1.29 is 17.9 Å². The number of rotatable bonds is 4. The number of hydrogen-bond acceptors (Lipinski definition) is 4. The van der Waals surface area contributed by atoms with Gasteiger partial charge in [-0.05, 0) is 31.5 Å². The Morgan fingerprint density at radius 2 is 2.21 bits per heavy atom. The summed E-state index contributed by atoms with van der Waals surface area (Å²) in [6.45, 7) is 2.31. The highest BCUT2D eigenvalue weighted by atomic mass is 79.9. The van der Waals surface area contributed by atoms with E-state index in [1.54, 1.807) is 18.2 Å². The predicted octanol–water partition coefficient (Wildman–Crippen LogP) is 2.47. The van der Waals surface area contributed by atoms with E-state index < -0.39 is 15.8 Å². The average Bonchev–Trinajstić information content (AvgIpc) is 2.71. The average molecular weight is 347 g/mol. The molecule has 0 aliphatic carbocycles. The maximum atomic E-state index is 12.4. The predicted molar refractivity (Wildman–Crippen MR) is 76.4 cm³/mol. The van der Waals surface area contributed by atoms with Gasteiger partial charge < -0.3 is 4.74 Å². The van der Waals surface area contributed by atoms with Gasteiger partial charge in [-0.3, -0.25) is 4.79 Å². The Morgan fingerprint density at radius 3 is 2.79 bits per heavy atom. The molecule has 1 unspecified atom stereocenters. The van der Waals surface area contributed by atoms with Gasteiger partial charge in [-0.15, -0.1) is 0 Å². The first-order valence-electron chi connectivity index (χ1n) is 6.10. The summed E-state index contributed by atoms with van der Waals surface area (Å²) in [5.74, 6) is -0.0324. The molecule has 19 heavy (non-hydrogen) atoms. The van der Waals surface area contributed by atoms with E-state index in [9.17, 15) is 13.2 Å². The lowest BCUT2D eigenvalue weighted by molar-refractivity contribution is 0.0929. The maximum absolute atomic E-state index is 12.4. The molecule has 1 fully saturated rings. The van der Waals surface area contributed by atoms with Crippen LogP contribution in [0, 0.1) is 5.92 Å². The highest BCUT2D eigenvalue weighted by Crippen LogP contribution is 2.29. The smallest absolute Gasteiger partial charge is 0.170 e. The van der Waals surface area contributed by atoms with Crippen LogP contribution in [-0.4, -0.2) is 32.3 Å². The molecule has 104 valence electrons. The number of hydrogen-bond donors (Lipinski definition) is 0. The Labute approximate surface area is 121 Å². The summed E-state index contributed by atoms with van der Waals surface area (Å²) in [6.07, 6.45) is 0.402. The Bertz CT molecular complexity index is 595. The molecule has 0 aromatic heterocycles. The van der Waals surface area contributed by atoms with Gasteiger partial charge >= 0.3 is 0 Å². The van der Waals surface area contributed by atoms with Gasteiger partial charge in [0.25, 0.3) is 0 Å². The van der Waals surface area contributed by atoms with Crippen molar-refractivity contribution in [1.29, 1.82) is 0 Å². The van der Waals surface area contributed by atoms with Gasteiger partial charge in [0, 0.05) is 10.4 Å². The van der Waals surface area contributed by atoms with Crippen molar-refractivity contribution in [2.75, 3.05) is 18.1 Å². The van der Waals surface area contributed by atoms with Crippen molar-refractivity contribution in [2.45, 2.75) is 13.3 Å². The Hall–Kier alpha value is -0.880. The lowest BCUT2D eigenvalue weighted by atomic mass is 9.96. The molecular weight excluding hydrogens is 332 g/mol. The normalized spacial score (nSPS) is 21.3. The minimum absolute atomic E-state index is 0.0517. The molecule has 1 aromatic rings. The standard InChI is InChI=1S/C13H15BrO4S/c1-2-18-12-4-3-10(14)7-11(12)13(15)9-5-6-19(16,17)8-9/h3-4,7,9H,2,5-6,8H2,1H3. The molecule has 0 radical (unpaired) electrons. The molecule has 1 aliphatic rings. The summed E-state index contributed by atoms with van der Waals surface area (Å²) >= 11 is 3.32. The van der Waals surface area contributed by atoms with Crippen molar-refractivity contribution in [3.05, 3.63) is 28.2 Å². The Kier molecular flexibility index (Phi) is 4.30. The van der Waals surface area contributed by atoms with Crippen molar-refractivity contribution in [3.8, 4) is 5.75 Å². The van der Waals surface area contributed by atoms with E-state index in [-0.39, 0.29) is 17.3 Å². The van der Waals surface area contributed by atoms with Crippen LogP contribution in [0.4, 0.5) is 0 Å². The second-order valence-corrected chi connectivity index (χ2v) is 7.68. The van der Waals surface area contributed by atoms with E-state index in [1.807, 2.05) is 6.92 Å². The molecule has 4 nitrogen and oxygen atoms in total. The van der Waals surface area contributed by atoms with Crippen LogP contribution in [0.3, 0.4) is 0 Å². The quantitative estimate of drug-likeness (QED) is 0.785. The molecule has 2 rings (SSSR count). The zero-order valence-electron chi connectivity index (χ0n) is 10.6. The van der Waals surface area contributed by atoms with Crippen LogP contribution in [0.1, 0.15) is 23.7 Å². The molecular formula is C13H15BrO4S. The lowest BCUT2D eigenvalue weighted by Crippen LogP contribution is -2.17. The zero-order valence-corrected chi connectivity index (χ0v) is 13.0. The molecule has 0 N–H and O–H groups in total. The third-order valence-electron chi connectivity index (χ3n) is 3.11. The lowest BCUT2D eigenvalue weighted by Gasteiger charge is -2.12. The van der Waals surface area contributed by atoms with Crippen molar-refractivity contribution >= 4 is 31.6 Å². The number of ether oxygens (including phenoxy) is 1. The van der Waals surface area contributed by atoms with E-state index in [0.29, 0.717) is 24.3 Å². The highest BCUT2D eigenvalue weighted by molar-refractivity contribution is 9.10. The van der Waals surface area contributed by atoms with Crippen LogP contribution in [0.2, 0.25) is 0 Å². The van der Waals surface area contributed by atoms with Gasteiger partial charge in [0.2, 0.25) is 0 Å². The number of carbonyl (C=O) groups excluding carboxylic acids is 1. The first-order chi connectivity index (χ1) is 8.93. The summed E-state index contributed by atoms with van der Waals surface area (Å²) in [5, 5.41) is 0. The summed E-state index contributed by atoms with van der Waals surface area (Å²) in [5.41, 5.74) is 0.457. The fourth-order valence-electron chi connectivity index (χ4n) is 2.20. The molecule has 1 saturated heterocycles. The first-order valence-corrected chi connectivity index (χ1v) is 8.71. The van der Waals surface area contributed by atoms with E-state index in [4.69, 9.17) is 4.74 Å². The second-order valence-electron chi connectivity index (χ2n) is 4.54. The third kappa shape index (κ3) is 3.36. The molecule has 0 spiro atoms. The fraction of sp³-hybridized carbons (Fsp3) is 0.462. The summed E-state index contributed by atoms with van der Waals surface area (Å²) < 4.78 is 29.1. The molecule has 0 amide bonds. The molecule has 6 heteroatoms. The molecule has 1 atom stereocenters. The van der Waals surface area contributed by atoms with Crippen LogP contribution < -0.4 is 4.74 Å². The molecule has 1 aliphatic heterocycles. The Balaban J connectivity index is 2.30. The van der Waals surface area contributed by atoms with Gasteiger partial charge in [-0.25, -0.2) is 8.42 Å². The van der Waals surface area contributed by atoms with Crippen LogP contribution in [-0.2, 0) is 9.84 Å². The molecule has 0 bridgehead atoms. The number of carbonyl (C=O) groups is 1. The third-order valence-corrected chi connectivity index (χ3v) is 5.37. The van der Waals surface area contributed by atoms with Gasteiger partial charge in [0.1, 0.15) is 5.75 Å². The van der Waals surface area contributed by atoms with E-state index in [2.05, 4.69) is 15.9 Å². The number of ketones is 1. The molecule has 1 aromatic carbocycles. The van der Waals surface area contributed by atoms with Crippen LogP contribution in [0.25, 0.3) is 0 Å². The summed E-state index contributed by atoms with van der Waals surface area (Å²) in [7, 11) is -3.06. The summed E-state index contributed by atoms with van der Waals surface area (Å²) in [4.78, 5) is 12.4. The topological polar surface area (TPSA) is 60.4 Å². The highest BCUT2D eigenvalue weighted by Gasteiger charge is 2.34. The van der Waals surface area contributed by atoms with Crippen LogP contribution in [0.5, 0.6) is 5.75 Å². The van der Waals surface area contributed by atoms with E-state index in [1.165, 1.54) is 0 Å². The van der Waals surface area contributed by atoms with Crippen LogP contribution >= 0.6 is 15.9 Å².